The number of nitrogens with one attached hydrogen (secondary N) is 1. The van der Waals surface area contributed by atoms with Crippen molar-refractivity contribution < 1.29 is 4.79 Å². The average molecular weight is 184 g/mol. The molecular weight excluding hydrogens is 164 g/mol. The van der Waals surface area contributed by atoms with E-state index in [-0.39, 0.29) is 23.4 Å². The second-order valence-corrected chi connectivity index (χ2v) is 4.94. The Morgan fingerprint density at radius 1 is 1.38 bits per heavy atom. The van der Waals surface area contributed by atoms with Crippen molar-refractivity contribution in [2.75, 3.05) is 0 Å². The first-order valence-electron chi connectivity index (χ1n) is 4.97. The second-order valence-electron chi connectivity index (χ2n) is 4.94. The molecule has 1 rings (SSSR count). The number of primary amides is 1. The van der Waals surface area contributed by atoms with Gasteiger partial charge in [-0.1, -0.05) is 6.42 Å². The molecule has 13 heavy (non-hydrogen) atoms. The van der Waals surface area contributed by atoms with Gasteiger partial charge in [-0.25, -0.2) is 0 Å². The quantitative estimate of drug-likeness (QED) is 0.673. The van der Waals surface area contributed by atoms with Crippen LogP contribution < -0.4 is 11.1 Å². The summed E-state index contributed by atoms with van der Waals surface area (Å²) in [4.78, 5) is 11.1. The van der Waals surface area contributed by atoms with E-state index in [1.165, 1.54) is 0 Å². The number of carbonyl (C=O) groups is 1. The molecule has 2 atom stereocenters. The molecule has 1 fully saturated rings. The van der Waals surface area contributed by atoms with Crippen molar-refractivity contribution in [2.45, 2.75) is 51.6 Å². The van der Waals surface area contributed by atoms with Gasteiger partial charge in [0.05, 0.1) is 5.92 Å². The highest BCUT2D eigenvalue weighted by Crippen LogP contribution is 2.26. The molecule has 0 aliphatic heterocycles. The molecule has 0 heterocycles. The van der Waals surface area contributed by atoms with Crippen LogP contribution in [0.5, 0.6) is 0 Å². The van der Waals surface area contributed by atoms with Crippen LogP contribution in [-0.4, -0.2) is 17.5 Å². The summed E-state index contributed by atoms with van der Waals surface area (Å²) < 4.78 is 0. The molecule has 0 saturated heterocycles. The van der Waals surface area contributed by atoms with E-state index in [0.29, 0.717) is 0 Å². The third kappa shape index (κ3) is 2.99. The first-order chi connectivity index (χ1) is 5.90. The zero-order chi connectivity index (χ0) is 10.1. The lowest BCUT2D eigenvalue weighted by atomic mass is 9.99. The Labute approximate surface area is 80.1 Å². The maximum Gasteiger partial charge on any atom is 0.222 e. The first-order valence-corrected chi connectivity index (χ1v) is 4.97. The Balaban J connectivity index is 2.54. The van der Waals surface area contributed by atoms with E-state index < -0.39 is 0 Å². The van der Waals surface area contributed by atoms with E-state index in [0.717, 1.165) is 19.3 Å². The van der Waals surface area contributed by atoms with Gasteiger partial charge in [0.15, 0.2) is 0 Å². The van der Waals surface area contributed by atoms with Gasteiger partial charge in [-0.15, -0.1) is 0 Å². The Morgan fingerprint density at radius 2 is 2.00 bits per heavy atom. The van der Waals surface area contributed by atoms with Crippen LogP contribution in [0.2, 0.25) is 0 Å². The summed E-state index contributed by atoms with van der Waals surface area (Å²) in [7, 11) is 0. The zero-order valence-corrected chi connectivity index (χ0v) is 8.76. The summed E-state index contributed by atoms with van der Waals surface area (Å²) in [6.45, 7) is 6.34. The number of rotatable bonds is 2. The number of hydrogen-bond donors (Lipinski definition) is 2. The van der Waals surface area contributed by atoms with Gasteiger partial charge >= 0.3 is 0 Å². The van der Waals surface area contributed by atoms with E-state index in [9.17, 15) is 4.79 Å². The summed E-state index contributed by atoms with van der Waals surface area (Å²) in [6.07, 6.45) is 3.13. The SMILES string of the molecule is CC(C)(C)N[C@@H]1CCC[C@@H]1C(N)=O. The minimum absolute atomic E-state index is 0.0409. The van der Waals surface area contributed by atoms with Crippen molar-refractivity contribution in [3.63, 3.8) is 0 Å². The standard InChI is InChI=1S/C10H20N2O/c1-10(2,3)12-8-6-4-5-7(8)9(11)13/h7-8,12H,4-6H2,1-3H3,(H2,11,13)/t7-,8+/m0/s1. The number of amides is 1. The number of hydrogen-bond acceptors (Lipinski definition) is 2. The summed E-state index contributed by atoms with van der Waals surface area (Å²) >= 11 is 0. The van der Waals surface area contributed by atoms with E-state index in [1.807, 2.05) is 0 Å². The van der Waals surface area contributed by atoms with Gasteiger partial charge in [0, 0.05) is 11.6 Å². The molecule has 0 unspecified atom stereocenters. The van der Waals surface area contributed by atoms with Crippen molar-refractivity contribution in [1.82, 2.24) is 5.32 Å². The highest BCUT2D eigenvalue weighted by atomic mass is 16.1. The van der Waals surface area contributed by atoms with Crippen LogP contribution in [0.1, 0.15) is 40.0 Å². The van der Waals surface area contributed by atoms with Gasteiger partial charge in [-0.05, 0) is 33.6 Å². The van der Waals surface area contributed by atoms with E-state index >= 15 is 0 Å². The minimum Gasteiger partial charge on any atom is -0.369 e. The van der Waals surface area contributed by atoms with Crippen molar-refractivity contribution in [2.24, 2.45) is 11.7 Å². The summed E-state index contributed by atoms with van der Waals surface area (Å²) in [5.41, 5.74) is 5.40. The van der Waals surface area contributed by atoms with Crippen LogP contribution in [0, 0.1) is 5.92 Å². The molecule has 1 aliphatic rings. The molecule has 0 aromatic rings. The Kier molecular flexibility index (Phi) is 2.96. The molecule has 0 spiro atoms. The molecule has 1 amide bonds. The lowest BCUT2D eigenvalue weighted by Crippen LogP contribution is -2.48. The summed E-state index contributed by atoms with van der Waals surface area (Å²) in [6, 6.07) is 0.289. The van der Waals surface area contributed by atoms with Gasteiger partial charge in [0.1, 0.15) is 0 Å². The fourth-order valence-electron chi connectivity index (χ4n) is 2.03. The fraction of sp³-hybridized carbons (Fsp3) is 0.900. The molecule has 3 heteroatoms. The Hall–Kier alpha value is -0.570. The molecule has 3 N–H and O–H groups in total. The van der Waals surface area contributed by atoms with Gasteiger partial charge in [-0.2, -0.15) is 0 Å². The second kappa shape index (κ2) is 3.66. The van der Waals surface area contributed by atoms with E-state index in [2.05, 4.69) is 26.1 Å². The topological polar surface area (TPSA) is 55.1 Å². The van der Waals surface area contributed by atoms with Crippen molar-refractivity contribution in [3.05, 3.63) is 0 Å². The van der Waals surface area contributed by atoms with Gasteiger partial charge in [0.2, 0.25) is 5.91 Å². The van der Waals surface area contributed by atoms with Crippen LogP contribution in [0.4, 0.5) is 0 Å². The maximum absolute atomic E-state index is 11.1. The van der Waals surface area contributed by atoms with Gasteiger partial charge < -0.3 is 11.1 Å². The van der Waals surface area contributed by atoms with Crippen LogP contribution in [0.25, 0.3) is 0 Å². The smallest absolute Gasteiger partial charge is 0.222 e. The zero-order valence-electron chi connectivity index (χ0n) is 8.76. The van der Waals surface area contributed by atoms with Crippen molar-refractivity contribution in [1.29, 1.82) is 0 Å². The van der Waals surface area contributed by atoms with Crippen molar-refractivity contribution in [3.8, 4) is 0 Å². The normalized spacial score (nSPS) is 29.2. The maximum atomic E-state index is 11.1. The lowest BCUT2D eigenvalue weighted by molar-refractivity contribution is -0.122. The minimum atomic E-state index is -0.153. The van der Waals surface area contributed by atoms with E-state index in [4.69, 9.17) is 5.73 Å². The molecule has 1 saturated carbocycles. The van der Waals surface area contributed by atoms with Crippen LogP contribution in [0.3, 0.4) is 0 Å². The Morgan fingerprint density at radius 3 is 2.46 bits per heavy atom. The highest BCUT2D eigenvalue weighted by molar-refractivity contribution is 5.77. The molecule has 3 nitrogen and oxygen atoms in total. The Bertz CT molecular complexity index is 196. The summed E-state index contributed by atoms with van der Waals surface area (Å²) in [5.74, 6) is -0.113. The average Bonchev–Trinajstić information content (AvgIpc) is 2.31. The first kappa shape index (κ1) is 10.5. The molecular formula is C10H20N2O. The molecule has 76 valence electrons. The van der Waals surface area contributed by atoms with Crippen LogP contribution >= 0.6 is 0 Å². The van der Waals surface area contributed by atoms with Crippen LogP contribution in [-0.2, 0) is 4.79 Å². The largest absolute Gasteiger partial charge is 0.369 e. The van der Waals surface area contributed by atoms with Crippen LogP contribution in [0.15, 0.2) is 0 Å². The number of nitrogens with two attached hydrogens (primary N) is 1. The van der Waals surface area contributed by atoms with Crippen molar-refractivity contribution >= 4 is 5.91 Å². The lowest BCUT2D eigenvalue weighted by Gasteiger charge is -2.28. The predicted molar refractivity (Wildman–Crippen MR) is 53.2 cm³/mol. The molecule has 1 aliphatic carbocycles. The monoisotopic (exact) mass is 184 g/mol. The molecule has 0 radical (unpaired) electrons. The third-order valence-electron chi connectivity index (χ3n) is 2.50. The fourth-order valence-corrected chi connectivity index (χ4v) is 2.03. The number of carbonyl (C=O) groups excluding carboxylic acids is 1. The molecule has 0 aromatic carbocycles. The van der Waals surface area contributed by atoms with Gasteiger partial charge in [-0.3, -0.25) is 4.79 Å². The van der Waals surface area contributed by atoms with E-state index in [1.54, 1.807) is 0 Å². The predicted octanol–water partition coefficient (Wildman–Crippen LogP) is 1.03. The summed E-state index contributed by atoms with van der Waals surface area (Å²) in [5, 5.41) is 3.45. The molecule has 0 aromatic heterocycles. The van der Waals surface area contributed by atoms with Gasteiger partial charge in [0.25, 0.3) is 0 Å². The third-order valence-corrected chi connectivity index (χ3v) is 2.50. The molecule has 0 bridgehead atoms. The highest BCUT2D eigenvalue weighted by Gasteiger charge is 2.33.